The third-order valence-electron chi connectivity index (χ3n) is 2.52. The molecule has 1 fully saturated rings. The van der Waals surface area contributed by atoms with Crippen molar-refractivity contribution in [1.82, 2.24) is 9.97 Å². The van der Waals surface area contributed by atoms with Gasteiger partial charge >= 0.3 is 0 Å². The highest BCUT2D eigenvalue weighted by Gasteiger charge is 2.14. The van der Waals surface area contributed by atoms with Crippen molar-refractivity contribution in [3.63, 3.8) is 0 Å². The smallest absolute Gasteiger partial charge is 0.217 e. The highest BCUT2D eigenvalue weighted by atomic mass is 19.1. The number of ether oxygens (including phenoxy) is 1. The Bertz CT molecular complexity index is 315. The molecule has 1 aromatic rings. The molecular weight excluding hydrogens is 197 g/mol. The lowest BCUT2D eigenvalue weighted by molar-refractivity contribution is 0.185. The SMILES string of the molecule is Fc1cc(NCCC2CCOC2)ncn1. The molecule has 0 bridgehead atoms. The molecule has 2 rings (SSSR count). The molecule has 1 saturated heterocycles. The van der Waals surface area contributed by atoms with E-state index in [1.54, 1.807) is 0 Å². The van der Waals surface area contributed by atoms with Crippen LogP contribution in [0.3, 0.4) is 0 Å². The number of aromatic nitrogens is 2. The summed E-state index contributed by atoms with van der Waals surface area (Å²) < 4.78 is 17.9. The number of halogens is 1. The van der Waals surface area contributed by atoms with Gasteiger partial charge in [0, 0.05) is 25.8 Å². The highest BCUT2D eigenvalue weighted by Crippen LogP contribution is 2.16. The van der Waals surface area contributed by atoms with Crippen LogP contribution in [0.2, 0.25) is 0 Å². The minimum absolute atomic E-state index is 0.503. The van der Waals surface area contributed by atoms with Crippen LogP contribution in [-0.4, -0.2) is 29.7 Å². The normalized spacial score (nSPS) is 20.5. The van der Waals surface area contributed by atoms with Gasteiger partial charge in [0.1, 0.15) is 12.1 Å². The molecule has 0 radical (unpaired) electrons. The molecule has 1 aromatic heterocycles. The fourth-order valence-electron chi connectivity index (χ4n) is 1.65. The number of rotatable bonds is 4. The summed E-state index contributed by atoms with van der Waals surface area (Å²) in [6.07, 6.45) is 3.38. The molecule has 4 nitrogen and oxygen atoms in total. The Morgan fingerprint density at radius 2 is 2.47 bits per heavy atom. The minimum Gasteiger partial charge on any atom is -0.381 e. The lowest BCUT2D eigenvalue weighted by atomic mass is 10.1. The molecule has 1 N–H and O–H groups in total. The molecule has 0 saturated carbocycles. The Labute approximate surface area is 87.9 Å². The summed E-state index contributed by atoms with van der Waals surface area (Å²) in [5, 5.41) is 3.07. The van der Waals surface area contributed by atoms with E-state index in [0.717, 1.165) is 32.6 Å². The van der Waals surface area contributed by atoms with Gasteiger partial charge in [-0.05, 0) is 18.8 Å². The summed E-state index contributed by atoms with van der Waals surface area (Å²) in [6.45, 7) is 2.51. The predicted octanol–water partition coefficient (Wildman–Crippen LogP) is 1.45. The Kier molecular flexibility index (Phi) is 3.45. The summed E-state index contributed by atoms with van der Waals surface area (Å²) in [5.74, 6) is 0.669. The molecule has 2 heterocycles. The third-order valence-corrected chi connectivity index (χ3v) is 2.52. The number of nitrogens with zero attached hydrogens (tertiary/aromatic N) is 2. The van der Waals surface area contributed by atoms with Gasteiger partial charge in [-0.3, -0.25) is 0 Å². The summed E-state index contributed by atoms with van der Waals surface area (Å²) in [7, 11) is 0. The van der Waals surface area contributed by atoms with Crippen LogP contribution in [0, 0.1) is 11.9 Å². The quantitative estimate of drug-likeness (QED) is 0.766. The topological polar surface area (TPSA) is 47.0 Å². The van der Waals surface area contributed by atoms with E-state index in [1.165, 1.54) is 12.4 Å². The molecule has 0 amide bonds. The van der Waals surface area contributed by atoms with E-state index in [9.17, 15) is 4.39 Å². The molecular formula is C10H14FN3O. The average Bonchev–Trinajstić information content (AvgIpc) is 2.71. The molecule has 0 spiro atoms. The van der Waals surface area contributed by atoms with E-state index in [1.807, 2.05) is 0 Å². The number of hydrogen-bond acceptors (Lipinski definition) is 4. The molecule has 0 aliphatic carbocycles. The second-order valence-electron chi connectivity index (χ2n) is 3.67. The molecule has 0 aromatic carbocycles. The van der Waals surface area contributed by atoms with Crippen LogP contribution >= 0.6 is 0 Å². The second-order valence-corrected chi connectivity index (χ2v) is 3.67. The first kappa shape index (κ1) is 10.3. The van der Waals surface area contributed by atoms with Gasteiger partial charge in [0.15, 0.2) is 0 Å². The maximum Gasteiger partial charge on any atom is 0.217 e. The zero-order valence-corrected chi connectivity index (χ0v) is 8.45. The van der Waals surface area contributed by atoms with Gasteiger partial charge in [0.2, 0.25) is 5.95 Å². The van der Waals surface area contributed by atoms with Crippen LogP contribution in [0.5, 0.6) is 0 Å². The zero-order valence-electron chi connectivity index (χ0n) is 8.45. The molecule has 15 heavy (non-hydrogen) atoms. The summed E-state index contributed by atoms with van der Waals surface area (Å²) >= 11 is 0. The van der Waals surface area contributed by atoms with Crippen LogP contribution in [0.15, 0.2) is 12.4 Å². The molecule has 1 unspecified atom stereocenters. The van der Waals surface area contributed by atoms with E-state index in [0.29, 0.717) is 11.7 Å². The Morgan fingerprint density at radius 3 is 3.20 bits per heavy atom. The lowest BCUT2D eigenvalue weighted by Crippen LogP contribution is -2.10. The average molecular weight is 211 g/mol. The van der Waals surface area contributed by atoms with E-state index >= 15 is 0 Å². The molecule has 1 aliphatic rings. The van der Waals surface area contributed by atoms with Crippen molar-refractivity contribution in [2.45, 2.75) is 12.8 Å². The minimum atomic E-state index is -0.503. The van der Waals surface area contributed by atoms with Gasteiger partial charge < -0.3 is 10.1 Å². The largest absolute Gasteiger partial charge is 0.381 e. The van der Waals surface area contributed by atoms with Crippen molar-refractivity contribution in [1.29, 1.82) is 0 Å². The molecule has 1 atom stereocenters. The summed E-state index contributed by atoms with van der Waals surface area (Å²) in [4.78, 5) is 7.30. The number of hydrogen-bond donors (Lipinski definition) is 1. The first-order valence-corrected chi connectivity index (χ1v) is 5.14. The molecule has 1 aliphatic heterocycles. The van der Waals surface area contributed by atoms with Gasteiger partial charge in [-0.1, -0.05) is 0 Å². The van der Waals surface area contributed by atoms with Crippen molar-refractivity contribution < 1.29 is 9.13 Å². The van der Waals surface area contributed by atoms with Crippen LogP contribution in [-0.2, 0) is 4.74 Å². The maximum absolute atomic E-state index is 12.7. The standard InChI is InChI=1S/C10H14FN3O/c11-9-5-10(14-7-13-9)12-3-1-8-2-4-15-6-8/h5,7-8H,1-4,6H2,(H,12,13,14). The molecule has 82 valence electrons. The number of nitrogens with one attached hydrogen (secondary N) is 1. The lowest BCUT2D eigenvalue weighted by Gasteiger charge is -2.08. The second kappa shape index (κ2) is 5.02. The summed E-state index contributed by atoms with van der Waals surface area (Å²) in [6, 6.07) is 1.30. The monoisotopic (exact) mass is 211 g/mol. The fourth-order valence-corrected chi connectivity index (χ4v) is 1.65. The Hall–Kier alpha value is -1.23. The van der Waals surface area contributed by atoms with Crippen LogP contribution in [0.4, 0.5) is 10.2 Å². The van der Waals surface area contributed by atoms with E-state index in [4.69, 9.17) is 4.74 Å². The van der Waals surface area contributed by atoms with Crippen LogP contribution < -0.4 is 5.32 Å². The van der Waals surface area contributed by atoms with Crippen molar-refractivity contribution >= 4 is 5.82 Å². The van der Waals surface area contributed by atoms with Gasteiger partial charge in [-0.15, -0.1) is 0 Å². The van der Waals surface area contributed by atoms with Gasteiger partial charge in [-0.2, -0.15) is 4.39 Å². The van der Waals surface area contributed by atoms with Gasteiger partial charge in [-0.25, -0.2) is 9.97 Å². The Morgan fingerprint density at radius 1 is 1.53 bits per heavy atom. The first-order chi connectivity index (χ1) is 7.34. The van der Waals surface area contributed by atoms with Crippen molar-refractivity contribution in [3.8, 4) is 0 Å². The van der Waals surface area contributed by atoms with Crippen LogP contribution in [0.1, 0.15) is 12.8 Å². The number of anilines is 1. The maximum atomic E-state index is 12.7. The van der Waals surface area contributed by atoms with Crippen LogP contribution in [0.25, 0.3) is 0 Å². The zero-order chi connectivity index (χ0) is 10.5. The summed E-state index contributed by atoms with van der Waals surface area (Å²) in [5.41, 5.74) is 0. The third kappa shape index (κ3) is 3.13. The highest BCUT2D eigenvalue weighted by molar-refractivity contribution is 5.31. The van der Waals surface area contributed by atoms with Gasteiger partial charge in [0.05, 0.1) is 0 Å². The van der Waals surface area contributed by atoms with E-state index in [2.05, 4.69) is 15.3 Å². The predicted molar refractivity (Wildman–Crippen MR) is 54.0 cm³/mol. The molecule has 5 heteroatoms. The van der Waals surface area contributed by atoms with Crippen molar-refractivity contribution in [2.75, 3.05) is 25.1 Å². The fraction of sp³-hybridized carbons (Fsp3) is 0.600. The van der Waals surface area contributed by atoms with E-state index in [-0.39, 0.29) is 0 Å². The van der Waals surface area contributed by atoms with Crippen molar-refractivity contribution in [3.05, 3.63) is 18.3 Å². The van der Waals surface area contributed by atoms with E-state index < -0.39 is 5.95 Å². The van der Waals surface area contributed by atoms with Gasteiger partial charge in [0.25, 0.3) is 0 Å². The van der Waals surface area contributed by atoms with Crippen molar-refractivity contribution in [2.24, 2.45) is 5.92 Å². The Balaban J connectivity index is 1.73. The first-order valence-electron chi connectivity index (χ1n) is 5.14.